The van der Waals surface area contributed by atoms with Crippen LogP contribution in [0.15, 0.2) is 18.7 Å². The molecule has 0 bridgehead atoms. The minimum Gasteiger partial charge on any atom is -0.310 e. The predicted molar refractivity (Wildman–Crippen MR) is 55.0 cm³/mol. The number of anilines is 1. The Labute approximate surface area is 84.0 Å². The van der Waals surface area contributed by atoms with Crippen LogP contribution < -0.4 is 4.90 Å². The van der Waals surface area contributed by atoms with Crippen molar-refractivity contribution in [2.75, 3.05) is 11.4 Å². The lowest BCUT2D eigenvalue weighted by atomic mass is 10.3. The van der Waals surface area contributed by atoms with Gasteiger partial charge in [0.15, 0.2) is 0 Å². The second-order valence-corrected chi connectivity index (χ2v) is 2.98. The summed E-state index contributed by atoms with van der Waals surface area (Å²) in [6.07, 6.45) is 6.21. The van der Waals surface area contributed by atoms with Gasteiger partial charge in [-0.2, -0.15) is 0 Å². The van der Waals surface area contributed by atoms with E-state index in [0.717, 1.165) is 12.1 Å². The Morgan fingerprint density at radius 3 is 2.50 bits per heavy atom. The molecule has 1 amide bonds. The summed E-state index contributed by atoms with van der Waals surface area (Å²) >= 11 is 0. The van der Waals surface area contributed by atoms with Gasteiger partial charge in [-0.3, -0.25) is 4.79 Å². The molecule has 1 aromatic heterocycles. The first-order chi connectivity index (χ1) is 6.79. The first kappa shape index (κ1) is 10.6. The molecule has 0 aliphatic carbocycles. The Hall–Kier alpha value is -1.45. The van der Waals surface area contributed by atoms with E-state index in [4.69, 9.17) is 0 Å². The number of carbonyl (C=O) groups excluding carboxylic acids is 1. The summed E-state index contributed by atoms with van der Waals surface area (Å²) in [6, 6.07) is 0. The van der Waals surface area contributed by atoms with Gasteiger partial charge in [-0.25, -0.2) is 9.97 Å². The number of nitrogens with zero attached hydrogens (tertiary/aromatic N) is 3. The monoisotopic (exact) mass is 193 g/mol. The number of amides is 1. The highest BCUT2D eigenvalue weighted by Crippen LogP contribution is 2.11. The van der Waals surface area contributed by atoms with Crippen molar-refractivity contribution >= 4 is 11.6 Å². The van der Waals surface area contributed by atoms with Gasteiger partial charge in [0, 0.05) is 13.0 Å². The van der Waals surface area contributed by atoms with Crippen molar-refractivity contribution in [2.45, 2.75) is 26.7 Å². The third kappa shape index (κ3) is 2.52. The quantitative estimate of drug-likeness (QED) is 0.730. The van der Waals surface area contributed by atoms with Gasteiger partial charge in [-0.15, -0.1) is 0 Å². The van der Waals surface area contributed by atoms with E-state index in [1.807, 2.05) is 13.8 Å². The number of hydrogen-bond donors (Lipinski definition) is 0. The van der Waals surface area contributed by atoms with E-state index >= 15 is 0 Å². The Bertz CT molecular complexity index is 287. The summed E-state index contributed by atoms with van der Waals surface area (Å²) in [7, 11) is 0. The van der Waals surface area contributed by atoms with E-state index in [1.54, 1.807) is 17.3 Å². The molecule has 1 rings (SSSR count). The number of aromatic nitrogens is 2. The van der Waals surface area contributed by atoms with Gasteiger partial charge in [-0.05, 0) is 13.3 Å². The highest BCUT2D eigenvalue weighted by Gasteiger charge is 2.12. The van der Waals surface area contributed by atoms with Gasteiger partial charge >= 0.3 is 0 Å². The average Bonchev–Trinajstić information content (AvgIpc) is 2.21. The van der Waals surface area contributed by atoms with Crippen LogP contribution in [0.2, 0.25) is 0 Å². The molecule has 0 aliphatic heterocycles. The second kappa shape index (κ2) is 5.32. The second-order valence-electron chi connectivity index (χ2n) is 2.98. The fraction of sp³-hybridized carbons (Fsp3) is 0.500. The molecule has 0 unspecified atom stereocenters. The summed E-state index contributed by atoms with van der Waals surface area (Å²) in [5.74, 6) is 0.129. The molecule has 4 nitrogen and oxygen atoms in total. The highest BCUT2D eigenvalue weighted by molar-refractivity contribution is 5.92. The molecular formula is C10H15N3O. The molecule has 0 aliphatic rings. The fourth-order valence-corrected chi connectivity index (χ4v) is 1.28. The topological polar surface area (TPSA) is 46.1 Å². The van der Waals surface area contributed by atoms with Crippen LogP contribution in [-0.4, -0.2) is 22.4 Å². The molecule has 1 aromatic rings. The molecule has 14 heavy (non-hydrogen) atoms. The van der Waals surface area contributed by atoms with Crippen LogP contribution >= 0.6 is 0 Å². The van der Waals surface area contributed by atoms with E-state index in [2.05, 4.69) is 9.97 Å². The zero-order valence-electron chi connectivity index (χ0n) is 8.60. The van der Waals surface area contributed by atoms with Crippen LogP contribution in [-0.2, 0) is 4.79 Å². The van der Waals surface area contributed by atoms with Gasteiger partial charge < -0.3 is 4.90 Å². The number of rotatable bonds is 4. The van der Waals surface area contributed by atoms with E-state index in [9.17, 15) is 4.79 Å². The SMILES string of the molecule is CCCC(=O)N(CC)c1cncnc1. The summed E-state index contributed by atoms with van der Waals surface area (Å²) in [4.78, 5) is 21.1. The van der Waals surface area contributed by atoms with Crippen molar-refractivity contribution < 1.29 is 4.79 Å². The van der Waals surface area contributed by atoms with Crippen LogP contribution in [0.5, 0.6) is 0 Å². The Morgan fingerprint density at radius 2 is 2.00 bits per heavy atom. The van der Waals surface area contributed by atoms with Gasteiger partial charge in [-0.1, -0.05) is 6.92 Å². The largest absolute Gasteiger partial charge is 0.310 e. The normalized spacial score (nSPS) is 9.86. The minimum absolute atomic E-state index is 0.129. The molecule has 0 atom stereocenters. The summed E-state index contributed by atoms with van der Waals surface area (Å²) in [5, 5.41) is 0. The molecule has 0 fully saturated rings. The molecule has 0 N–H and O–H groups in total. The molecule has 1 heterocycles. The van der Waals surface area contributed by atoms with E-state index < -0.39 is 0 Å². The third-order valence-electron chi connectivity index (χ3n) is 1.94. The number of carbonyl (C=O) groups is 1. The molecule has 0 spiro atoms. The maximum absolute atomic E-state index is 11.6. The molecular weight excluding hydrogens is 178 g/mol. The zero-order valence-corrected chi connectivity index (χ0v) is 8.60. The van der Waals surface area contributed by atoms with Gasteiger partial charge in [0.2, 0.25) is 5.91 Å². The highest BCUT2D eigenvalue weighted by atomic mass is 16.2. The Kier molecular flexibility index (Phi) is 4.04. The average molecular weight is 193 g/mol. The standard InChI is InChI=1S/C10H15N3O/c1-3-5-10(14)13(4-2)9-6-11-8-12-7-9/h6-8H,3-5H2,1-2H3. The van der Waals surface area contributed by atoms with Crippen molar-refractivity contribution in [2.24, 2.45) is 0 Å². The lowest BCUT2D eigenvalue weighted by molar-refractivity contribution is -0.118. The van der Waals surface area contributed by atoms with Crippen LogP contribution in [0.4, 0.5) is 5.69 Å². The lowest BCUT2D eigenvalue weighted by Gasteiger charge is -2.19. The van der Waals surface area contributed by atoms with Crippen molar-refractivity contribution in [1.29, 1.82) is 0 Å². The first-order valence-corrected chi connectivity index (χ1v) is 4.85. The Morgan fingerprint density at radius 1 is 1.36 bits per heavy atom. The molecule has 4 heteroatoms. The molecule has 0 radical (unpaired) electrons. The van der Waals surface area contributed by atoms with E-state index in [1.165, 1.54) is 6.33 Å². The van der Waals surface area contributed by atoms with Crippen LogP contribution in [0.1, 0.15) is 26.7 Å². The predicted octanol–water partition coefficient (Wildman–Crippen LogP) is 1.63. The molecule has 0 aromatic carbocycles. The maximum atomic E-state index is 11.6. The van der Waals surface area contributed by atoms with Crippen LogP contribution in [0.25, 0.3) is 0 Å². The fourth-order valence-electron chi connectivity index (χ4n) is 1.28. The minimum atomic E-state index is 0.129. The van der Waals surface area contributed by atoms with Gasteiger partial charge in [0.1, 0.15) is 6.33 Å². The van der Waals surface area contributed by atoms with Gasteiger partial charge in [0.25, 0.3) is 0 Å². The summed E-state index contributed by atoms with van der Waals surface area (Å²) in [6.45, 7) is 4.60. The zero-order chi connectivity index (χ0) is 10.4. The molecule has 76 valence electrons. The van der Waals surface area contributed by atoms with Gasteiger partial charge in [0.05, 0.1) is 18.1 Å². The van der Waals surface area contributed by atoms with Crippen LogP contribution in [0, 0.1) is 0 Å². The first-order valence-electron chi connectivity index (χ1n) is 4.85. The van der Waals surface area contributed by atoms with Crippen LogP contribution in [0.3, 0.4) is 0 Å². The Balaban J connectivity index is 2.77. The van der Waals surface area contributed by atoms with Crippen molar-refractivity contribution in [1.82, 2.24) is 9.97 Å². The van der Waals surface area contributed by atoms with Crippen molar-refractivity contribution in [3.63, 3.8) is 0 Å². The lowest BCUT2D eigenvalue weighted by Crippen LogP contribution is -2.30. The number of hydrogen-bond acceptors (Lipinski definition) is 3. The smallest absolute Gasteiger partial charge is 0.227 e. The third-order valence-corrected chi connectivity index (χ3v) is 1.94. The van der Waals surface area contributed by atoms with E-state index in [-0.39, 0.29) is 5.91 Å². The summed E-state index contributed by atoms with van der Waals surface area (Å²) < 4.78 is 0. The van der Waals surface area contributed by atoms with E-state index in [0.29, 0.717) is 13.0 Å². The maximum Gasteiger partial charge on any atom is 0.227 e. The molecule has 0 saturated heterocycles. The summed E-state index contributed by atoms with van der Waals surface area (Å²) in [5.41, 5.74) is 0.772. The molecule has 0 saturated carbocycles. The van der Waals surface area contributed by atoms with Crippen molar-refractivity contribution in [3.05, 3.63) is 18.7 Å². The van der Waals surface area contributed by atoms with Crippen molar-refractivity contribution in [3.8, 4) is 0 Å².